The molecule has 2 aromatic rings. The summed E-state index contributed by atoms with van der Waals surface area (Å²) < 4.78 is 28.6. The minimum atomic E-state index is 0.0697. The summed E-state index contributed by atoms with van der Waals surface area (Å²) in [4.78, 5) is 0. The monoisotopic (exact) mass is 425 g/mol. The molecule has 2 aliphatic rings. The lowest BCUT2D eigenvalue weighted by atomic mass is 9.93. The molecule has 166 valence electrons. The summed E-state index contributed by atoms with van der Waals surface area (Å²) in [6.45, 7) is 4.88. The molecule has 0 aromatic heterocycles. The predicted octanol–water partition coefficient (Wildman–Crippen LogP) is 4.55. The third-order valence-corrected chi connectivity index (χ3v) is 5.64. The van der Waals surface area contributed by atoms with Gasteiger partial charge in [0.1, 0.15) is 19.0 Å². The van der Waals surface area contributed by atoms with Crippen LogP contribution >= 0.6 is 0 Å². The van der Waals surface area contributed by atoms with Crippen LogP contribution in [0.5, 0.6) is 28.7 Å². The Hall–Kier alpha value is -2.86. The highest BCUT2D eigenvalue weighted by Crippen LogP contribution is 2.39. The molecule has 0 amide bonds. The molecule has 1 N–H and O–H groups in total. The van der Waals surface area contributed by atoms with Crippen molar-refractivity contribution in [1.29, 1.82) is 0 Å². The van der Waals surface area contributed by atoms with Crippen molar-refractivity contribution in [2.75, 3.05) is 40.6 Å². The summed E-state index contributed by atoms with van der Waals surface area (Å²) in [6, 6.07) is 8.16. The standard InChI is InChI=1S/C25H31NO5/c1-4-5-10-29-23-13-17-8-9-26-20(19(17)15-22(23)28-3)7-6-18-14-24-25(16-21(18)27-2)31-12-11-30-24/h6-7,13-16,20,26H,4-5,8-12H2,1-3H3/b7-6+. The minimum Gasteiger partial charge on any atom is -0.496 e. The Balaban J connectivity index is 1.60. The van der Waals surface area contributed by atoms with Gasteiger partial charge in [0.15, 0.2) is 23.0 Å². The largest absolute Gasteiger partial charge is 0.496 e. The molecule has 0 radical (unpaired) electrons. The number of rotatable bonds is 8. The van der Waals surface area contributed by atoms with Crippen LogP contribution in [0.25, 0.3) is 6.08 Å². The van der Waals surface area contributed by atoms with Gasteiger partial charge in [-0.1, -0.05) is 25.5 Å². The van der Waals surface area contributed by atoms with E-state index in [0.717, 1.165) is 60.1 Å². The quantitative estimate of drug-likeness (QED) is 0.626. The zero-order valence-electron chi connectivity index (χ0n) is 18.5. The zero-order valence-corrected chi connectivity index (χ0v) is 18.5. The maximum atomic E-state index is 5.98. The van der Waals surface area contributed by atoms with Gasteiger partial charge in [-0.15, -0.1) is 0 Å². The van der Waals surface area contributed by atoms with E-state index in [9.17, 15) is 0 Å². The van der Waals surface area contributed by atoms with Crippen molar-refractivity contribution in [3.8, 4) is 28.7 Å². The van der Waals surface area contributed by atoms with Gasteiger partial charge in [-0.25, -0.2) is 0 Å². The van der Waals surface area contributed by atoms with E-state index in [1.807, 2.05) is 12.1 Å². The van der Waals surface area contributed by atoms with Crippen molar-refractivity contribution in [3.05, 3.63) is 47.0 Å². The van der Waals surface area contributed by atoms with Gasteiger partial charge in [-0.05, 0) is 42.2 Å². The van der Waals surface area contributed by atoms with Crippen LogP contribution in [0.4, 0.5) is 0 Å². The lowest BCUT2D eigenvalue weighted by molar-refractivity contribution is 0.170. The van der Waals surface area contributed by atoms with Crippen LogP contribution < -0.4 is 29.0 Å². The summed E-state index contributed by atoms with van der Waals surface area (Å²) in [6.07, 6.45) is 7.32. The minimum absolute atomic E-state index is 0.0697. The lowest BCUT2D eigenvalue weighted by Gasteiger charge is -2.26. The van der Waals surface area contributed by atoms with Crippen LogP contribution in [0, 0.1) is 0 Å². The Bertz CT molecular complexity index is 940. The first-order valence-corrected chi connectivity index (χ1v) is 11.0. The molecule has 0 bridgehead atoms. The number of fused-ring (bicyclic) bond motifs is 2. The maximum Gasteiger partial charge on any atom is 0.165 e. The van der Waals surface area contributed by atoms with Crippen LogP contribution in [0.2, 0.25) is 0 Å². The average Bonchev–Trinajstić information content (AvgIpc) is 2.81. The summed E-state index contributed by atoms with van der Waals surface area (Å²) in [7, 11) is 3.36. The fraction of sp³-hybridized carbons (Fsp3) is 0.440. The number of hydrogen-bond acceptors (Lipinski definition) is 6. The van der Waals surface area contributed by atoms with Crippen LogP contribution in [-0.2, 0) is 6.42 Å². The van der Waals surface area contributed by atoms with E-state index in [4.69, 9.17) is 23.7 Å². The molecular weight excluding hydrogens is 394 g/mol. The predicted molar refractivity (Wildman–Crippen MR) is 121 cm³/mol. The first kappa shape index (κ1) is 21.4. The highest BCUT2D eigenvalue weighted by atomic mass is 16.6. The fourth-order valence-electron chi connectivity index (χ4n) is 3.96. The molecule has 1 atom stereocenters. The van der Waals surface area contributed by atoms with Crippen LogP contribution in [0.15, 0.2) is 30.3 Å². The van der Waals surface area contributed by atoms with E-state index in [1.54, 1.807) is 14.2 Å². The molecule has 2 heterocycles. The van der Waals surface area contributed by atoms with Gasteiger partial charge in [-0.2, -0.15) is 0 Å². The van der Waals surface area contributed by atoms with Crippen molar-refractivity contribution >= 4 is 6.08 Å². The zero-order chi connectivity index (χ0) is 21.6. The Morgan fingerprint density at radius 3 is 2.52 bits per heavy atom. The molecule has 6 nitrogen and oxygen atoms in total. The van der Waals surface area contributed by atoms with Crippen molar-refractivity contribution in [2.45, 2.75) is 32.2 Å². The first-order valence-electron chi connectivity index (χ1n) is 11.0. The number of hydrogen-bond donors (Lipinski definition) is 1. The molecule has 31 heavy (non-hydrogen) atoms. The van der Waals surface area contributed by atoms with Gasteiger partial charge in [0.05, 0.1) is 26.9 Å². The number of nitrogens with one attached hydrogen (secondary N) is 1. The Morgan fingerprint density at radius 2 is 1.77 bits per heavy atom. The van der Waals surface area contributed by atoms with E-state index < -0.39 is 0 Å². The maximum absolute atomic E-state index is 5.98. The molecule has 1 unspecified atom stereocenters. The van der Waals surface area contributed by atoms with Gasteiger partial charge in [-0.3, -0.25) is 0 Å². The number of benzene rings is 2. The lowest BCUT2D eigenvalue weighted by Crippen LogP contribution is -2.28. The molecule has 2 aromatic carbocycles. The molecule has 0 saturated carbocycles. The van der Waals surface area contributed by atoms with Crippen LogP contribution in [-0.4, -0.2) is 40.6 Å². The van der Waals surface area contributed by atoms with Crippen LogP contribution in [0.3, 0.4) is 0 Å². The van der Waals surface area contributed by atoms with Gasteiger partial charge in [0, 0.05) is 18.2 Å². The van der Waals surface area contributed by atoms with Crippen molar-refractivity contribution in [1.82, 2.24) is 5.32 Å². The summed E-state index contributed by atoms with van der Waals surface area (Å²) >= 11 is 0. The smallest absolute Gasteiger partial charge is 0.165 e. The number of ether oxygens (including phenoxy) is 5. The SMILES string of the molecule is CCCCOc1cc2c(cc1OC)C(/C=C/c1cc3c(cc1OC)OCCO3)NCC2. The van der Waals surface area contributed by atoms with E-state index >= 15 is 0 Å². The fourth-order valence-corrected chi connectivity index (χ4v) is 3.96. The van der Waals surface area contributed by atoms with Gasteiger partial charge in [0.25, 0.3) is 0 Å². The summed E-state index contributed by atoms with van der Waals surface area (Å²) in [5.74, 6) is 3.83. The topological polar surface area (TPSA) is 58.2 Å². The third kappa shape index (κ3) is 4.74. The molecule has 0 fully saturated rings. The van der Waals surface area contributed by atoms with Gasteiger partial charge in [0.2, 0.25) is 0 Å². The van der Waals surface area contributed by atoms with Crippen molar-refractivity contribution < 1.29 is 23.7 Å². The molecule has 6 heteroatoms. The van der Waals surface area contributed by atoms with Crippen LogP contribution in [0.1, 0.15) is 42.5 Å². The van der Waals surface area contributed by atoms with Crippen molar-refractivity contribution in [3.63, 3.8) is 0 Å². The van der Waals surface area contributed by atoms with E-state index in [1.165, 1.54) is 11.1 Å². The highest BCUT2D eigenvalue weighted by molar-refractivity contribution is 5.64. The molecule has 0 saturated heterocycles. The molecule has 4 rings (SSSR count). The number of methoxy groups -OCH3 is 2. The second-order valence-corrected chi connectivity index (χ2v) is 7.68. The van der Waals surface area contributed by atoms with Gasteiger partial charge >= 0.3 is 0 Å². The summed E-state index contributed by atoms with van der Waals surface area (Å²) in [5.41, 5.74) is 3.45. The molecule has 0 aliphatic carbocycles. The third-order valence-electron chi connectivity index (χ3n) is 5.64. The van der Waals surface area contributed by atoms with E-state index in [2.05, 4.69) is 36.5 Å². The highest BCUT2D eigenvalue weighted by Gasteiger charge is 2.22. The van der Waals surface area contributed by atoms with Crippen molar-refractivity contribution in [2.24, 2.45) is 0 Å². The first-order chi connectivity index (χ1) is 15.2. The average molecular weight is 426 g/mol. The van der Waals surface area contributed by atoms with E-state index in [-0.39, 0.29) is 6.04 Å². The molecule has 0 spiro atoms. The Kier molecular flexibility index (Phi) is 6.87. The number of unbranched alkanes of at least 4 members (excludes halogenated alkanes) is 1. The Morgan fingerprint density at radius 1 is 1.00 bits per heavy atom. The van der Waals surface area contributed by atoms with Gasteiger partial charge < -0.3 is 29.0 Å². The van der Waals surface area contributed by atoms with E-state index in [0.29, 0.717) is 19.8 Å². The molecule has 2 aliphatic heterocycles. The normalized spacial score (nSPS) is 17.3. The summed E-state index contributed by atoms with van der Waals surface area (Å²) in [5, 5.41) is 3.59. The second-order valence-electron chi connectivity index (χ2n) is 7.68. The Labute approximate surface area is 184 Å². The molecular formula is C25H31NO5. The second kappa shape index (κ2) is 9.96.